The zero-order chi connectivity index (χ0) is 21.0. The Labute approximate surface area is 165 Å². The summed E-state index contributed by atoms with van der Waals surface area (Å²) in [6, 6.07) is 16.8. The SMILES string of the molecule is C/C(N)=C(\C#N)C(=O)COC(=O)c1nn(-c2ccccc2)c(=O)c2ccccc12. The molecular formula is C21H16N4O4. The highest BCUT2D eigenvalue weighted by Crippen LogP contribution is 2.16. The normalized spacial score (nSPS) is 11.4. The van der Waals surface area contributed by atoms with Crippen molar-refractivity contribution in [1.29, 1.82) is 5.26 Å². The highest BCUT2D eigenvalue weighted by Gasteiger charge is 2.21. The molecular weight excluding hydrogens is 372 g/mol. The molecule has 0 amide bonds. The summed E-state index contributed by atoms with van der Waals surface area (Å²) >= 11 is 0. The van der Waals surface area contributed by atoms with Crippen LogP contribution in [0.25, 0.3) is 16.5 Å². The molecule has 0 spiro atoms. The number of rotatable bonds is 5. The van der Waals surface area contributed by atoms with Gasteiger partial charge in [0.15, 0.2) is 12.3 Å². The first kappa shape index (κ1) is 19.5. The van der Waals surface area contributed by atoms with Crippen molar-refractivity contribution in [3.8, 4) is 11.8 Å². The third-order valence-electron chi connectivity index (χ3n) is 4.12. The van der Waals surface area contributed by atoms with Gasteiger partial charge in [0, 0.05) is 11.1 Å². The molecule has 2 aromatic carbocycles. The van der Waals surface area contributed by atoms with Gasteiger partial charge in [-0.2, -0.15) is 15.0 Å². The fourth-order valence-electron chi connectivity index (χ4n) is 2.73. The molecule has 2 N–H and O–H groups in total. The topological polar surface area (TPSA) is 128 Å². The number of hydrogen-bond acceptors (Lipinski definition) is 7. The molecule has 0 unspecified atom stereocenters. The molecule has 1 heterocycles. The van der Waals surface area contributed by atoms with Crippen molar-refractivity contribution in [3.05, 3.63) is 81.9 Å². The van der Waals surface area contributed by atoms with E-state index in [4.69, 9.17) is 15.7 Å². The molecule has 0 saturated carbocycles. The number of nitrogens with two attached hydrogens (primary N) is 1. The van der Waals surface area contributed by atoms with Gasteiger partial charge in [-0.3, -0.25) is 9.59 Å². The number of hydrogen-bond donors (Lipinski definition) is 1. The molecule has 1 aromatic heterocycles. The second kappa shape index (κ2) is 8.19. The molecule has 0 radical (unpaired) electrons. The lowest BCUT2D eigenvalue weighted by atomic mass is 10.1. The van der Waals surface area contributed by atoms with Crippen molar-refractivity contribution >= 4 is 22.5 Å². The Morgan fingerprint density at radius 1 is 1.10 bits per heavy atom. The number of ketones is 1. The number of para-hydroxylation sites is 1. The van der Waals surface area contributed by atoms with Gasteiger partial charge in [0.1, 0.15) is 11.6 Å². The van der Waals surface area contributed by atoms with Crippen LogP contribution >= 0.6 is 0 Å². The number of allylic oxidation sites excluding steroid dienone is 1. The van der Waals surface area contributed by atoms with E-state index >= 15 is 0 Å². The number of aromatic nitrogens is 2. The van der Waals surface area contributed by atoms with Crippen molar-refractivity contribution in [1.82, 2.24) is 9.78 Å². The van der Waals surface area contributed by atoms with Crippen LogP contribution in [0.2, 0.25) is 0 Å². The molecule has 8 heteroatoms. The minimum atomic E-state index is -0.897. The number of esters is 1. The molecule has 8 nitrogen and oxygen atoms in total. The van der Waals surface area contributed by atoms with Gasteiger partial charge in [0.2, 0.25) is 5.78 Å². The summed E-state index contributed by atoms with van der Waals surface area (Å²) in [7, 11) is 0. The summed E-state index contributed by atoms with van der Waals surface area (Å²) in [5, 5.41) is 13.7. The van der Waals surface area contributed by atoms with Gasteiger partial charge in [-0.1, -0.05) is 36.4 Å². The lowest BCUT2D eigenvalue weighted by Gasteiger charge is -2.10. The van der Waals surface area contributed by atoms with Gasteiger partial charge in [-0.15, -0.1) is 0 Å². The Morgan fingerprint density at radius 2 is 1.72 bits per heavy atom. The van der Waals surface area contributed by atoms with Gasteiger partial charge in [0.05, 0.1) is 11.1 Å². The van der Waals surface area contributed by atoms with Gasteiger partial charge in [-0.05, 0) is 25.1 Å². The molecule has 0 aliphatic rings. The summed E-state index contributed by atoms with van der Waals surface area (Å²) < 4.78 is 6.16. The van der Waals surface area contributed by atoms with E-state index in [1.54, 1.807) is 60.7 Å². The van der Waals surface area contributed by atoms with Crippen molar-refractivity contribution in [2.24, 2.45) is 5.73 Å². The largest absolute Gasteiger partial charge is 0.452 e. The number of carbonyl (C=O) groups is 2. The van der Waals surface area contributed by atoms with Crippen LogP contribution < -0.4 is 11.3 Å². The van der Waals surface area contributed by atoms with Crippen LogP contribution in [0.4, 0.5) is 0 Å². The van der Waals surface area contributed by atoms with Crippen molar-refractivity contribution in [2.45, 2.75) is 6.92 Å². The highest BCUT2D eigenvalue weighted by atomic mass is 16.5. The smallest absolute Gasteiger partial charge is 0.359 e. The second-order valence-corrected chi connectivity index (χ2v) is 6.12. The Morgan fingerprint density at radius 3 is 2.34 bits per heavy atom. The minimum absolute atomic E-state index is 0.0368. The Balaban J connectivity index is 2.03. The summed E-state index contributed by atoms with van der Waals surface area (Å²) in [5.41, 5.74) is 5.21. The van der Waals surface area contributed by atoms with E-state index in [2.05, 4.69) is 5.10 Å². The molecule has 0 aliphatic carbocycles. The molecule has 3 aromatic rings. The number of ether oxygens (including phenoxy) is 1. The van der Waals surface area contributed by atoms with Crippen LogP contribution in [0.3, 0.4) is 0 Å². The Hall–Kier alpha value is -4.25. The van der Waals surface area contributed by atoms with E-state index in [0.717, 1.165) is 4.68 Å². The number of benzene rings is 2. The van der Waals surface area contributed by atoms with E-state index in [1.807, 2.05) is 0 Å². The number of Topliss-reactive ketones (excluding diaryl/α,β-unsaturated/α-hetero) is 1. The lowest BCUT2D eigenvalue weighted by molar-refractivity contribution is -0.118. The molecule has 0 saturated heterocycles. The molecule has 29 heavy (non-hydrogen) atoms. The molecule has 0 fully saturated rings. The van der Waals surface area contributed by atoms with E-state index in [0.29, 0.717) is 11.1 Å². The van der Waals surface area contributed by atoms with Gasteiger partial charge in [-0.25, -0.2) is 4.79 Å². The molecule has 144 valence electrons. The lowest BCUT2D eigenvalue weighted by Crippen LogP contribution is -2.26. The average molecular weight is 388 g/mol. The first-order valence-electron chi connectivity index (χ1n) is 8.58. The van der Waals surface area contributed by atoms with Crippen molar-refractivity contribution < 1.29 is 14.3 Å². The van der Waals surface area contributed by atoms with E-state index in [9.17, 15) is 14.4 Å². The predicted octanol–water partition coefficient (Wildman–Crippen LogP) is 1.87. The summed E-state index contributed by atoms with van der Waals surface area (Å²) in [5.74, 6) is -1.62. The predicted molar refractivity (Wildman–Crippen MR) is 105 cm³/mol. The number of fused-ring (bicyclic) bond motifs is 1. The molecule has 0 aliphatic heterocycles. The fraction of sp³-hybridized carbons (Fsp3) is 0.0952. The molecule has 3 rings (SSSR count). The number of nitrogens with zero attached hydrogens (tertiary/aromatic N) is 3. The Bertz CT molecular complexity index is 1230. The van der Waals surface area contributed by atoms with E-state index < -0.39 is 23.9 Å². The highest BCUT2D eigenvalue weighted by molar-refractivity contribution is 6.05. The van der Waals surface area contributed by atoms with Gasteiger partial charge < -0.3 is 10.5 Å². The first-order chi connectivity index (χ1) is 13.9. The Kier molecular flexibility index (Phi) is 5.51. The number of nitriles is 1. The average Bonchev–Trinajstić information content (AvgIpc) is 2.73. The maximum atomic E-state index is 12.8. The third-order valence-corrected chi connectivity index (χ3v) is 4.12. The van der Waals surface area contributed by atoms with Crippen LogP contribution in [0.1, 0.15) is 17.4 Å². The number of carbonyl (C=O) groups excluding carboxylic acids is 2. The fourth-order valence-corrected chi connectivity index (χ4v) is 2.73. The zero-order valence-corrected chi connectivity index (χ0v) is 15.5. The third kappa shape index (κ3) is 3.89. The van der Waals surface area contributed by atoms with E-state index in [-0.39, 0.29) is 22.4 Å². The van der Waals surface area contributed by atoms with Crippen LogP contribution in [0, 0.1) is 11.3 Å². The summed E-state index contributed by atoms with van der Waals surface area (Å²) in [6.45, 7) is 0.736. The maximum absolute atomic E-state index is 12.8. The monoisotopic (exact) mass is 388 g/mol. The van der Waals surface area contributed by atoms with Crippen LogP contribution in [0.5, 0.6) is 0 Å². The van der Waals surface area contributed by atoms with Crippen molar-refractivity contribution in [2.75, 3.05) is 6.61 Å². The molecule has 0 atom stereocenters. The maximum Gasteiger partial charge on any atom is 0.359 e. The zero-order valence-electron chi connectivity index (χ0n) is 15.5. The quantitative estimate of drug-likeness (QED) is 0.401. The minimum Gasteiger partial charge on any atom is -0.452 e. The first-order valence-corrected chi connectivity index (χ1v) is 8.58. The summed E-state index contributed by atoms with van der Waals surface area (Å²) in [4.78, 5) is 37.5. The standard InChI is InChI=1S/C21H16N4O4/c1-13(23)17(11-22)18(26)12-29-21(28)19-15-9-5-6-10-16(15)20(27)25(24-19)14-7-3-2-4-8-14/h2-10H,12,23H2,1H3/b17-13-. The van der Waals surface area contributed by atoms with Gasteiger partial charge >= 0.3 is 5.97 Å². The molecule has 0 bridgehead atoms. The summed E-state index contributed by atoms with van der Waals surface area (Å²) in [6.07, 6.45) is 0. The van der Waals surface area contributed by atoms with E-state index in [1.165, 1.54) is 6.92 Å². The van der Waals surface area contributed by atoms with Crippen LogP contribution in [0.15, 0.2) is 70.7 Å². The van der Waals surface area contributed by atoms with Crippen molar-refractivity contribution in [3.63, 3.8) is 0 Å². The second-order valence-electron chi connectivity index (χ2n) is 6.12. The van der Waals surface area contributed by atoms with Gasteiger partial charge in [0.25, 0.3) is 5.56 Å². The van der Waals surface area contributed by atoms with Crippen LogP contribution in [-0.4, -0.2) is 28.1 Å². The van der Waals surface area contributed by atoms with Crippen LogP contribution in [-0.2, 0) is 9.53 Å².